The van der Waals surface area contributed by atoms with E-state index in [-0.39, 0.29) is 30.4 Å². The molecule has 6 nitrogen and oxygen atoms in total. The summed E-state index contributed by atoms with van der Waals surface area (Å²) in [6.45, 7) is 6.14. The molecule has 0 radical (unpaired) electrons. The summed E-state index contributed by atoms with van der Waals surface area (Å²) < 4.78 is 20.6. The number of nitrogens with zero attached hydrogens (tertiary/aromatic N) is 3. The Morgan fingerprint density at radius 1 is 1.36 bits per heavy atom. The number of benzene rings is 1. The topological polar surface area (TPSA) is 59.4 Å². The zero-order valence-electron chi connectivity index (χ0n) is 14.5. The molecule has 1 saturated heterocycles. The molecular formula is C18H23FN4O2. The fourth-order valence-corrected chi connectivity index (χ4v) is 2.94. The molecule has 1 aliphatic rings. The van der Waals surface area contributed by atoms with E-state index in [0.29, 0.717) is 25.5 Å². The van der Waals surface area contributed by atoms with Crippen molar-refractivity contribution >= 4 is 11.7 Å². The lowest BCUT2D eigenvalue weighted by Gasteiger charge is -2.32. The number of amides is 1. The lowest BCUT2D eigenvalue weighted by Crippen LogP contribution is -2.42. The summed E-state index contributed by atoms with van der Waals surface area (Å²) >= 11 is 0. The van der Waals surface area contributed by atoms with Crippen molar-refractivity contribution in [3.8, 4) is 0 Å². The van der Waals surface area contributed by atoms with E-state index in [9.17, 15) is 9.18 Å². The van der Waals surface area contributed by atoms with Crippen molar-refractivity contribution in [2.24, 2.45) is 0 Å². The van der Waals surface area contributed by atoms with E-state index >= 15 is 0 Å². The number of carbonyl (C=O) groups is 1. The third kappa shape index (κ3) is 4.43. The maximum atomic E-state index is 13.1. The molecule has 1 fully saturated rings. The van der Waals surface area contributed by atoms with Crippen molar-refractivity contribution in [1.29, 1.82) is 0 Å². The number of rotatable bonds is 5. The lowest BCUT2D eigenvalue weighted by atomic mass is 10.1. The average Bonchev–Trinajstić information content (AvgIpc) is 3.04. The number of nitrogens with one attached hydrogen (secondary N) is 1. The highest BCUT2D eigenvalue weighted by atomic mass is 19.1. The summed E-state index contributed by atoms with van der Waals surface area (Å²) in [5.41, 5.74) is 0.921. The molecule has 1 aromatic carbocycles. The van der Waals surface area contributed by atoms with E-state index in [1.807, 2.05) is 18.7 Å². The van der Waals surface area contributed by atoms with Crippen LogP contribution >= 0.6 is 0 Å². The van der Waals surface area contributed by atoms with E-state index < -0.39 is 0 Å². The van der Waals surface area contributed by atoms with E-state index in [0.717, 1.165) is 5.56 Å². The van der Waals surface area contributed by atoms with Crippen molar-refractivity contribution in [2.45, 2.75) is 26.0 Å². The fourth-order valence-electron chi connectivity index (χ4n) is 2.94. The molecule has 1 atom stereocenters. The third-order valence-corrected chi connectivity index (χ3v) is 4.19. The van der Waals surface area contributed by atoms with Crippen LogP contribution in [0.15, 0.2) is 36.5 Å². The molecule has 134 valence electrons. The van der Waals surface area contributed by atoms with Crippen LogP contribution in [0.25, 0.3) is 0 Å². The minimum atomic E-state index is -0.266. The van der Waals surface area contributed by atoms with E-state index in [1.54, 1.807) is 29.1 Å². The van der Waals surface area contributed by atoms with Gasteiger partial charge in [0.05, 0.1) is 25.5 Å². The first-order chi connectivity index (χ1) is 12.0. The normalized spacial score (nSPS) is 18.5. The van der Waals surface area contributed by atoms with E-state index in [4.69, 9.17) is 4.74 Å². The number of anilines is 1. The first-order valence-corrected chi connectivity index (χ1v) is 8.45. The van der Waals surface area contributed by atoms with E-state index in [2.05, 4.69) is 10.4 Å². The van der Waals surface area contributed by atoms with Crippen molar-refractivity contribution in [3.63, 3.8) is 0 Å². The van der Waals surface area contributed by atoms with Gasteiger partial charge in [-0.15, -0.1) is 0 Å². The Bertz CT molecular complexity index is 714. The van der Waals surface area contributed by atoms with Crippen LogP contribution in [0.2, 0.25) is 0 Å². The van der Waals surface area contributed by atoms with Gasteiger partial charge >= 0.3 is 0 Å². The average molecular weight is 346 g/mol. The number of hydrogen-bond acceptors (Lipinski definition) is 4. The quantitative estimate of drug-likeness (QED) is 0.904. The second kappa shape index (κ2) is 7.76. The van der Waals surface area contributed by atoms with E-state index in [1.165, 1.54) is 12.1 Å². The van der Waals surface area contributed by atoms with Gasteiger partial charge in [0, 0.05) is 25.2 Å². The maximum Gasteiger partial charge on any atom is 0.239 e. The second-order valence-electron chi connectivity index (χ2n) is 6.45. The van der Waals surface area contributed by atoms with Gasteiger partial charge in [-0.25, -0.2) is 9.07 Å². The molecule has 0 spiro atoms. The number of aromatic nitrogens is 2. The highest BCUT2D eigenvalue weighted by Gasteiger charge is 2.24. The van der Waals surface area contributed by atoms with Crippen molar-refractivity contribution in [2.75, 3.05) is 31.6 Å². The van der Waals surface area contributed by atoms with Gasteiger partial charge in [-0.05, 0) is 31.5 Å². The molecule has 1 N–H and O–H groups in total. The predicted octanol–water partition coefficient (Wildman–Crippen LogP) is 2.62. The lowest BCUT2D eigenvalue weighted by molar-refractivity contribution is -0.119. The smallest absolute Gasteiger partial charge is 0.239 e. The van der Waals surface area contributed by atoms with Gasteiger partial charge in [-0.3, -0.25) is 9.69 Å². The minimum absolute atomic E-state index is 0.0813. The number of hydrogen-bond donors (Lipinski definition) is 1. The number of carbonyl (C=O) groups excluding carboxylic acids is 1. The summed E-state index contributed by atoms with van der Waals surface area (Å²) in [6, 6.07) is 8.28. The molecule has 2 aromatic rings. The highest BCUT2D eigenvalue weighted by molar-refractivity contribution is 5.91. The van der Waals surface area contributed by atoms with Crippen LogP contribution in [0.4, 0.5) is 10.2 Å². The molecular weight excluding hydrogens is 323 g/mol. The van der Waals surface area contributed by atoms with Gasteiger partial charge in [-0.1, -0.05) is 12.1 Å². The van der Waals surface area contributed by atoms with Gasteiger partial charge in [0.2, 0.25) is 5.91 Å². The van der Waals surface area contributed by atoms with Crippen LogP contribution in [0.3, 0.4) is 0 Å². The molecule has 0 aliphatic carbocycles. The van der Waals surface area contributed by atoms with Crippen molar-refractivity contribution < 1.29 is 13.9 Å². The Morgan fingerprint density at radius 2 is 2.12 bits per heavy atom. The first-order valence-electron chi connectivity index (χ1n) is 8.45. The maximum absolute atomic E-state index is 13.1. The molecule has 7 heteroatoms. The van der Waals surface area contributed by atoms with Gasteiger partial charge in [0.15, 0.2) is 0 Å². The molecule has 0 bridgehead atoms. The molecule has 1 amide bonds. The van der Waals surface area contributed by atoms with Gasteiger partial charge in [-0.2, -0.15) is 5.10 Å². The highest BCUT2D eigenvalue weighted by Crippen LogP contribution is 2.22. The molecule has 2 heterocycles. The molecule has 0 saturated carbocycles. The Kier molecular flexibility index (Phi) is 5.45. The summed E-state index contributed by atoms with van der Waals surface area (Å²) in [6.07, 6.45) is 1.53. The molecule has 25 heavy (non-hydrogen) atoms. The number of halogens is 1. The predicted molar refractivity (Wildman–Crippen MR) is 92.8 cm³/mol. The monoisotopic (exact) mass is 346 g/mol. The molecule has 1 aromatic heterocycles. The Hall–Kier alpha value is -2.25. The number of morpholine rings is 1. The van der Waals surface area contributed by atoms with Gasteiger partial charge in [0.25, 0.3) is 0 Å². The van der Waals surface area contributed by atoms with Crippen LogP contribution in [0.5, 0.6) is 0 Å². The molecule has 1 aliphatic heterocycles. The summed E-state index contributed by atoms with van der Waals surface area (Å²) in [5.74, 6) is 0.350. The van der Waals surface area contributed by atoms with Crippen LogP contribution < -0.4 is 5.32 Å². The van der Waals surface area contributed by atoms with Crippen molar-refractivity contribution in [3.05, 3.63) is 47.9 Å². The third-order valence-electron chi connectivity index (χ3n) is 4.19. The zero-order valence-corrected chi connectivity index (χ0v) is 14.5. The van der Waals surface area contributed by atoms with Crippen LogP contribution in [-0.2, 0) is 9.53 Å². The summed E-state index contributed by atoms with van der Waals surface area (Å²) in [5, 5.41) is 7.12. The molecule has 3 rings (SSSR count). The van der Waals surface area contributed by atoms with Crippen molar-refractivity contribution in [1.82, 2.24) is 14.7 Å². The largest absolute Gasteiger partial charge is 0.371 e. The molecule has 0 unspecified atom stereocenters. The standard InChI is InChI=1S/C18H23FN4O2/c1-13(2)23-17(7-8-20-23)21-18(24)12-22-9-10-25-16(11-22)14-3-5-15(19)6-4-14/h3-8,13,16H,9-12H2,1-2H3,(H,21,24)/t16-/m0/s1. The Labute approximate surface area is 146 Å². The zero-order chi connectivity index (χ0) is 17.8. The minimum Gasteiger partial charge on any atom is -0.371 e. The fraction of sp³-hybridized carbons (Fsp3) is 0.444. The van der Waals surface area contributed by atoms with Gasteiger partial charge < -0.3 is 10.1 Å². The van der Waals surface area contributed by atoms with Crippen LogP contribution in [0.1, 0.15) is 31.6 Å². The summed E-state index contributed by atoms with van der Waals surface area (Å²) in [7, 11) is 0. The van der Waals surface area contributed by atoms with Gasteiger partial charge in [0.1, 0.15) is 11.6 Å². The first kappa shape index (κ1) is 17.6. The summed E-state index contributed by atoms with van der Waals surface area (Å²) in [4.78, 5) is 14.4. The van der Waals surface area contributed by atoms with Crippen LogP contribution in [-0.4, -0.2) is 46.8 Å². The van der Waals surface area contributed by atoms with Crippen LogP contribution in [0, 0.1) is 5.82 Å². The second-order valence-corrected chi connectivity index (χ2v) is 6.45. The number of ether oxygens (including phenoxy) is 1. The Morgan fingerprint density at radius 3 is 2.84 bits per heavy atom. The Balaban J connectivity index is 1.57. The SMILES string of the molecule is CC(C)n1nccc1NC(=O)CN1CCO[C@H](c2ccc(F)cc2)C1.